The molecule has 3 amide bonds. The van der Waals surface area contributed by atoms with Gasteiger partial charge >= 0.3 is 6.03 Å². The Bertz CT molecular complexity index is 1090. The van der Waals surface area contributed by atoms with Crippen LogP contribution in [0.4, 0.5) is 10.5 Å². The van der Waals surface area contributed by atoms with Crippen LogP contribution in [0.2, 0.25) is 0 Å². The first-order valence-corrected chi connectivity index (χ1v) is 11.6. The molecule has 9 nitrogen and oxygen atoms in total. The molecule has 3 rings (SSSR count). The van der Waals surface area contributed by atoms with E-state index in [2.05, 4.69) is 5.32 Å². The van der Waals surface area contributed by atoms with Gasteiger partial charge in [-0.25, -0.2) is 4.79 Å². The first kappa shape index (κ1) is 26.6. The van der Waals surface area contributed by atoms with Crippen molar-refractivity contribution >= 4 is 17.6 Å². The molecule has 0 bridgehead atoms. The van der Waals surface area contributed by atoms with E-state index in [0.29, 0.717) is 42.5 Å². The van der Waals surface area contributed by atoms with Crippen LogP contribution in [0.5, 0.6) is 11.5 Å². The summed E-state index contributed by atoms with van der Waals surface area (Å²) in [5.74, 6) is 1.52. The lowest BCUT2D eigenvalue weighted by molar-refractivity contribution is -0.132. The summed E-state index contributed by atoms with van der Waals surface area (Å²) in [6, 6.07) is 18.2. The summed E-state index contributed by atoms with van der Waals surface area (Å²) in [6.45, 7) is 1.19. The minimum absolute atomic E-state index is 0.122. The van der Waals surface area contributed by atoms with Crippen LogP contribution < -0.4 is 14.8 Å². The van der Waals surface area contributed by atoms with Crippen LogP contribution in [-0.4, -0.2) is 69.3 Å². The minimum atomic E-state index is -0.440. The number of hydrogen-bond acceptors (Lipinski definition) is 6. The number of amides is 3. The van der Waals surface area contributed by atoms with E-state index in [1.807, 2.05) is 36.4 Å². The first-order valence-electron chi connectivity index (χ1n) is 11.6. The lowest BCUT2D eigenvalue weighted by Gasteiger charge is -2.27. The van der Waals surface area contributed by atoms with Gasteiger partial charge in [-0.05, 0) is 36.2 Å². The number of rotatable bonds is 13. The summed E-state index contributed by atoms with van der Waals surface area (Å²) < 4.78 is 21.2. The monoisotopic (exact) mass is 495 g/mol. The standard InChI is InChI=1S/C27H33N3O6/c1-33-17-15-30(27(32)28-24-12-11-22(34-2)18-25(24)35-3)20-26(31)29(19-23-10-7-16-36-23)14-13-21-8-5-4-6-9-21/h4-12,16,18H,13-15,17,19-20H2,1-3H3,(H,28,32). The van der Waals surface area contributed by atoms with Crippen molar-refractivity contribution in [2.75, 3.05) is 52.9 Å². The summed E-state index contributed by atoms with van der Waals surface area (Å²) in [5, 5.41) is 2.83. The van der Waals surface area contributed by atoms with Crippen LogP contribution in [0, 0.1) is 0 Å². The fraction of sp³-hybridized carbons (Fsp3) is 0.333. The lowest BCUT2D eigenvalue weighted by Crippen LogP contribution is -2.46. The Labute approximate surface area is 211 Å². The third-order valence-electron chi connectivity index (χ3n) is 5.62. The number of urea groups is 1. The van der Waals surface area contributed by atoms with Gasteiger partial charge < -0.3 is 33.7 Å². The topological polar surface area (TPSA) is 93.5 Å². The number of anilines is 1. The highest BCUT2D eigenvalue weighted by Crippen LogP contribution is 2.29. The normalized spacial score (nSPS) is 10.5. The highest BCUT2D eigenvalue weighted by molar-refractivity contribution is 5.93. The molecule has 3 aromatic rings. The number of nitrogens with one attached hydrogen (secondary N) is 1. The molecule has 0 unspecified atom stereocenters. The fourth-order valence-electron chi connectivity index (χ4n) is 3.60. The molecule has 0 radical (unpaired) electrons. The average molecular weight is 496 g/mol. The van der Waals surface area contributed by atoms with Crippen molar-refractivity contribution in [3.8, 4) is 11.5 Å². The van der Waals surface area contributed by atoms with E-state index in [1.54, 1.807) is 49.6 Å². The smallest absolute Gasteiger partial charge is 0.322 e. The Hall–Kier alpha value is -3.98. The van der Waals surface area contributed by atoms with E-state index < -0.39 is 6.03 Å². The van der Waals surface area contributed by atoms with E-state index in [1.165, 1.54) is 12.0 Å². The fourth-order valence-corrected chi connectivity index (χ4v) is 3.60. The van der Waals surface area contributed by atoms with Crippen molar-refractivity contribution in [2.45, 2.75) is 13.0 Å². The number of nitrogens with zero attached hydrogens (tertiary/aromatic N) is 2. The number of carbonyl (C=O) groups excluding carboxylic acids is 2. The maximum atomic E-state index is 13.4. The highest BCUT2D eigenvalue weighted by atomic mass is 16.5. The molecule has 1 N–H and O–H groups in total. The Kier molecular flexibility index (Phi) is 10.2. The van der Waals surface area contributed by atoms with Crippen LogP contribution in [0.3, 0.4) is 0 Å². The summed E-state index contributed by atoms with van der Waals surface area (Å²) in [6.07, 6.45) is 2.26. The lowest BCUT2D eigenvalue weighted by atomic mass is 10.1. The number of carbonyl (C=O) groups is 2. The molecule has 2 aromatic carbocycles. The van der Waals surface area contributed by atoms with Crippen molar-refractivity contribution in [1.29, 1.82) is 0 Å². The van der Waals surface area contributed by atoms with E-state index in [9.17, 15) is 9.59 Å². The van der Waals surface area contributed by atoms with Crippen LogP contribution in [0.15, 0.2) is 71.3 Å². The predicted molar refractivity (Wildman–Crippen MR) is 136 cm³/mol. The van der Waals surface area contributed by atoms with Gasteiger partial charge in [0.1, 0.15) is 23.8 Å². The Morgan fingerprint density at radius 3 is 2.39 bits per heavy atom. The zero-order chi connectivity index (χ0) is 25.8. The van der Waals surface area contributed by atoms with Gasteiger partial charge in [-0.2, -0.15) is 0 Å². The molecule has 0 aliphatic rings. The van der Waals surface area contributed by atoms with Crippen molar-refractivity contribution in [1.82, 2.24) is 9.80 Å². The van der Waals surface area contributed by atoms with Gasteiger partial charge in [-0.15, -0.1) is 0 Å². The molecular weight excluding hydrogens is 462 g/mol. The highest BCUT2D eigenvalue weighted by Gasteiger charge is 2.23. The molecule has 0 aliphatic heterocycles. The number of ether oxygens (including phenoxy) is 3. The second-order valence-corrected chi connectivity index (χ2v) is 8.04. The molecule has 0 spiro atoms. The largest absolute Gasteiger partial charge is 0.497 e. The van der Waals surface area contributed by atoms with Crippen molar-refractivity contribution in [3.05, 3.63) is 78.3 Å². The number of benzene rings is 2. The maximum Gasteiger partial charge on any atom is 0.322 e. The second kappa shape index (κ2) is 13.8. The summed E-state index contributed by atoms with van der Waals surface area (Å²) >= 11 is 0. The molecule has 1 aromatic heterocycles. The van der Waals surface area contributed by atoms with Gasteiger partial charge in [0.05, 0.1) is 39.3 Å². The Balaban J connectivity index is 1.73. The zero-order valence-electron chi connectivity index (χ0n) is 20.9. The zero-order valence-corrected chi connectivity index (χ0v) is 20.9. The van der Waals surface area contributed by atoms with Gasteiger partial charge in [0.15, 0.2) is 0 Å². The van der Waals surface area contributed by atoms with Gasteiger partial charge in [0, 0.05) is 26.3 Å². The number of methoxy groups -OCH3 is 3. The summed E-state index contributed by atoms with van der Waals surface area (Å²) in [7, 11) is 4.61. The molecule has 0 atom stereocenters. The number of hydrogen-bond donors (Lipinski definition) is 1. The quantitative estimate of drug-likeness (QED) is 0.385. The van der Waals surface area contributed by atoms with E-state index in [4.69, 9.17) is 18.6 Å². The molecule has 9 heteroatoms. The van der Waals surface area contributed by atoms with Crippen molar-refractivity contribution in [2.24, 2.45) is 0 Å². The molecule has 192 valence electrons. The van der Waals surface area contributed by atoms with Crippen LogP contribution >= 0.6 is 0 Å². The molecule has 0 saturated heterocycles. The van der Waals surface area contributed by atoms with Crippen LogP contribution in [0.25, 0.3) is 0 Å². The maximum absolute atomic E-state index is 13.4. The van der Waals surface area contributed by atoms with Gasteiger partial charge in [0.2, 0.25) is 5.91 Å². The average Bonchev–Trinajstić information content (AvgIpc) is 3.42. The molecule has 0 aliphatic carbocycles. The van der Waals surface area contributed by atoms with Crippen LogP contribution in [-0.2, 0) is 22.5 Å². The SMILES string of the molecule is COCCN(CC(=O)N(CCc1ccccc1)Cc1ccco1)C(=O)Nc1ccc(OC)cc1OC. The predicted octanol–water partition coefficient (Wildman–Crippen LogP) is 4.05. The Morgan fingerprint density at radius 1 is 0.917 bits per heavy atom. The molecule has 0 saturated carbocycles. The Morgan fingerprint density at radius 2 is 1.72 bits per heavy atom. The molecule has 36 heavy (non-hydrogen) atoms. The van der Waals surface area contributed by atoms with Gasteiger partial charge in [-0.3, -0.25) is 4.79 Å². The molecule has 1 heterocycles. The molecule has 0 fully saturated rings. The van der Waals surface area contributed by atoms with Crippen LogP contribution in [0.1, 0.15) is 11.3 Å². The van der Waals surface area contributed by atoms with Crippen molar-refractivity contribution < 1.29 is 28.2 Å². The van der Waals surface area contributed by atoms with Crippen molar-refractivity contribution in [3.63, 3.8) is 0 Å². The first-order chi connectivity index (χ1) is 17.5. The van der Waals surface area contributed by atoms with Gasteiger partial charge in [-0.1, -0.05) is 30.3 Å². The van der Waals surface area contributed by atoms with Gasteiger partial charge in [0.25, 0.3) is 0 Å². The number of furan rings is 1. The van der Waals surface area contributed by atoms with E-state index in [0.717, 1.165) is 5.56 Å². The van der Waals surface area contributed by atoms with E-state index >= 15 is 0 Å². The second-order valence-electron chi connectivity index (χ2n) is 8.04. The summed E-state index contributed by atoms with van der Waals surface area (Å²) in [5.41, 5.74) is 1.59. The summed E-state index contributed by atoms with van der Waals surface area (Å²) in [4.78, 5) is 29.7. The molecular formula is C27H33N3O6. The third kappa shape index (κ3) is 7.78. The van der Waals surface area contributed by atoms with E-state index in [-0.39, 0.29) is 25.6 Å². The minimum Gasteiger partial charge on any atom is -0.497 e. The third-order valence-corrected chi connectivity index (χ3v) is 5.62.